The maximum Gasteiger partial charge on any atom is 0.319 e. The number of esters is 1. The van der Waals surface area contributed by atoms with Crippen LogP contribution in [0.5, 0.6) is 0 Å². The minimum absolute atomic E-state index is 0.176. The van der Waals surface area contributed by atoms with Crippen molar-refractivity contribution in [1.29, 1.82) is 0 Å². The Hall–Kier alpha value is -1.72. The van der Waals surface area contributed by atoms with Crippen LogP contribution in [0.2, 0.25) is 0 Å². The van der Waals surface area contributed by atoms with Crippen LogP contribution < -0.4 is 0 Å². The van der Waals surface area contributed by atoms with Crippen LogP contribution in [0, 0.1) is 5.82 Å². The van der Waals surface area contributed by atoms with Gasteiger partial charge in [0.1, 0.15) is 5.82 Å². The lowest BCUT2D eigenvalue weighted by Gasteiger charge is -2.19. The molecule has 0 aromatic heterocycles. The molecule has 0 unspecified atom stereocenters. The number of rotatable bonds is 5. The highest BCUT2D eigenvalue weighted by molar-refractivity contribution is 5.71. The van der Waals surface area contributed by atoms with E-state index in [1.165, 1.54) is 19.2 Å². The second kappa shape index (κ2) is 8.66. The zero-order valence-electron chi connectivity index (χ0n) is 13.0. The zero-order chi connectivity index (χ0) is 15.8. The molecular weight excluding hydrogens is 283 g/mol. The Labute approximate surface area is 131 Å². The molecule has 1 fully saturated rings. The van der Waals surface area contributed by atoms with E-state index >= 15 is 0 Å². The number of hydrogen-bond donors (Lipinski definition) is 0. The number of methoxy groups -OCH3 is 1. The Morgan fingerprint density at radius 3 is 2.59 bits per heavy atom. The summed E-state index contributed by atoms with van der Waals surface area (Å²) in [5, 5.41) is 0. The van der Waals surface area contributed by atoms with Crippen molar-refractivity contribution in [2.24, 2.45) is 0 Å². The van der Waals surface area contributed by atoms with E-state index in [1.54, 1.807) is 12.1 Å². The lowest BCUT2D eigenvalue weighted by molar-refractivity contribution is -0.141. The van der Waals surface area contributed by atoms with Gasteiger partial charge in [-0.1, -0.05) is 24.3 Å². The first-order valence-corrected chi connectivity index (χ1v) is 7.61. The van der Waals surface area contributed by atoms with Gasteiger partial charge in [-0.25, -0.2) is 4.39 Å². The second-order valence-electron chi connectivity index (χ2n) is 5.46. The SMILES string of the molecule is COC(=O)CN1CCCN(C/C=C/c2ccc(F)cc2)CC1. The molecule has 0 radical (unpaired) electrons. The number of carbonyl (C=O) groups excluding carboxylic acids is 1. The number of hydrogen-bond acceptors (Lipinski definition) is 4. The van der Waals surface area contributed by atoms with E-state index in [1.807, 2.05) is 6.08 Å². The van der Waals surface area contributed by atoms with Crippen molar-refractivity contribution < 1.29 is 13.9 Å². The number of nitrogens with zero attached hydrogens (tertiary/aromatic N) is 2. The summed E-state index contributed by atoms with van der Waals surface area (Å²) in [5.41, 5.74) is 1.00. The molecule has 0 amide bonds. The molecule has 1 aromatic carbocycles. The van der Waals surface area contributed by atoms with Crippen LogP contribution in [0.1, 0.15) is 12.0 Å². The minimum atomic E-state index is -0.213. The van der Waals surface area contributed by atoms with Gasteiger partial charge in [0, 0.05) is 26.2 Å². The fourth-order valence-corrected chi connectivity index (χ4v) is 2.52. The Kier molecular flexibility index (Phi) is 6.55. The van der Waals surface area contributed by atoms with Crippen LogP contribution in [-0.2, 0) is 9.53 Å². The molecule has 22 heavy (non-hydrogen) atoms. The average Bonchev–Trinajstić information content (AvgIpc) is 2.75. The fraction of sp³-hybridized carbons (Fsp3) is 0.471. The summed E-state index contributed by atoms with van der Waals surface area (Å²) in [4.78, 5) is 15.8. The molecule has 2 rings (SSSR count). The molecule has 5 heteroatoms. The highest BCUT2D eigenvalue weighted by Crippen LogP contribution is 2.06. The third-order valence-corrected chi connectivity index (χ3v) is 3.81. The fourth-order valence-electron chi connectivity index (χ4n) is 2.52. The zero-order valence-corrected chi connectivity index (χ0v) is 13.0. The van der Waals surface area contributed by atoms with Gasteiger partial charge in [0.25, 0.3) is 0 Å². The van der Waals surface area contributed by atoms with Gasteiger partial charge in [-0.05, 0) is 30.7 Å². The van der Waals surface area contributed by atoms with Gasteiger partial charge in [-0.3, -0.25) is 14.6 Å². The molecule has 0 spiro atoms. The first kappa shape index (κ1) is 16.6. The van der Waals surface area contributed by atoms with Crippen LogP contribution in [0.3, 0.4) is 0 Å². The lowest BCUT2D eigenvalue weighted by Crippen LogP contribution is -2.34. The number of carbonyl (C=O) groups is 1. The topological polar surface area (TPSA) is 32.8 Å². The molecule has 0 atom stereocenters. The number of halogens is 1. The van der Waals surface area contributed by atoms with Gasteiger partial charge < -0.3 is 4.74 Å². The standard InChI is InChI=1S/C17H23FN2O2/c1-22-17(21)14-20-11-3-10-19(12-13-20)9-2-4-15-5-7-16(18)8-6-15/h2,4-8H,3,9-14H2,1H3/b4-2+. The molecule has 120 valence electrons. The van der Waals surface area contributed by atoms with Crippen LogP contribution >= 0.6 is 0 Å². The molecule has 0 aliphatic carbocycles. The Bertz CT molecular complexity index is 502. The van der Waals surface area contributed by atoms with Crippen LogP contribution in [0.4, 0.5) is 4.39 Å². The van der Waals surface area contributed by atoms with Crippen molar-refractivity contribution in [1.82, 2.24) is 9.80 Å². The van der Waals surface area contributed by atoms with E-state index in [2.05, 4.69) is 15.9 Å². The molecular formula is C17H23FN2O2. The summed E-state index contributed by atoms with van der Waals surface area (Å²) in [5.74, 6) is -0.389. The van der Waals surface area contributed by atoms with Gasteiger partial charge in [0.05, 0.1) is 13.7 Å². The summed E-state index contributed by atoms with van der Waals surface area (Å²) in [7, 11) is 1.42. The van der Waals surface area contributed by atoms with Gasteiger partial charge in [0.15, 0.2) is 0 Å². The third-order valence-electron chi connectivity index (χ3n) is 3.81. The predicted molar refractivity (Wildman–Crippen MR) is 84.9 cm³/mol. The van der Waals surface area contributed by atoms with Crippen molar-refractivity contribution in [3.05, 3.63) is 41.7 Å². The van der Waals surface area contributed by atoms with E-state index in [0.717, 1.165) is 44.7 Å². The van der Waals surface area contributed by atoms with E-state index in [4.69, 9.17) is 4.74 Å². The smallest absolute Gasteiger partial charge is 0.319 e. The quantitative estimate of drug-likeness (QED) is 0.779. The van der Waals surface area contributed by atoms with Crippen molar-refractivity contribution in [2.75, 3.05) is 46.4 Å². The van der Waals surface area contributed by atoms with Crippen LogP contribution in [0.25, 0.3) is 6.08 Å². The monoisotopic (exact) mass is 306 g/mol. The largest absolute Gasteiger partial charge is 0.468 e. The van der Waals surface area contributed by atoms with Gasteiger partial charge in [0.2, 0.25) is 0 Å². The van der Waals surface area contributed by atoms with E-state index in [0.29, 0.717) is 6.54 Å². The first-order chi connectivity index (χ1) is 10.7. The Balaban J connectivity index is 1.77. The summed E-state index contributed by atoms with van der Waals surface area (Å²) in [6.45, 7) is 4.99. The lowest BCUT2D eigenvalue weighted by atomic mass is 10.2. The summed E-state index contributed by atoms with van der Waals surface area (Å²) in [6, 6.07) is 6.48. The second-order valence-corrected chi connectivity index (χ2v) is 5.46. The summed E-state index contributed by atoms with van der Waals surface area (Å²) < 4.78 is 17.5. The van der Waals surface area contributed by atoms with Crippen LogP contribution in [-0.4, -0.2) is 62.1 Å². The maximum atomic E-state index is 12.8. The molecule has 1 aromatic rings. The Morgan fingerprint density at radius 2 is 1.86 bits per heavy atom. The highest BCUT2D eigenvalue weighted by Gasteiger charge is 2.16. The number of ether oxygens (including phenoxy) is 1. The van der Waals surface area contributed by atoms with Gasteiger partial charge in [-0.2, -0.15) is 0 Å². The van der Waals surface area contributed by atoms with Crippen molar-refractivity contribution in [2.45, 2.75) is 6.42 Å². The van der Waals surface area contributed by atoms with Crippen molar-refractivity contribution in [3.8, 4) is 0 Å². The molecule has 0 N–H and O–H groups in total. The molecule has 1 heterocycles. The maximum absolute atomic E-state index is 12.8. The van der Waals surface area contributed by atoms with Crippen molar-refractivity contribution >= 4 is 12.0 Å². The highest BCUT2D eigenvalue weighted by atomic mass is 19.1. The Morgan fingerprint density at radius 1 is 1.18 bits per heavy atom. The van der Waals surface area contributed by atoms with Gasteiger partial charge in [-0.15, -0.1) is 0 Å². The van der Waals surface area contributed by atoms with E-state index < -0.39 is 0 Å². The van der Waals surface area contributed by atoms with Crippen LogP contribution in [0.15, 0.2) is 30.3 Å². The molecule has 4 nitrogen and oxygen atoms in total. The molecule has 1 aliphatic rings. The third kappa shape index (κ3) is 5.58. The molecule has 1 aliphatic heterocycles. The molecule has 0 saturated carbocycles. The van der Waals surface area contributed by atoms with E-state index in [-0.39, 0.29) is 11.8 Å². The summed E-state index contributed by atoms with van der Waals surface area (Å²) >= 11 is 0. The number of benzene rings is 1. The average molecular weight is 306 g/mol. The van der Waals surface area contributed by atoms with Gasteiger partial charge >= 0.3 is 5.97 Å². The minimum Gasteiger partial charge on any atom is -0.468 e. The summed E-state index contributed by atoms with van der Waals surface area (Å²) in [6.07, 6.45) is 5.15. The predicted octanol–water partition coefficient (Wildman–Crippen LogP) is 2.02. The molecule has 0 bridgehead atoms. The molecule has 1 saturated heterocycles. The van der Waals surface area contributed by atoms with Crippen molar-refractivity contribution in [3.63, 3.8) is 0 Å². The van der Waals surface area contributed by atoms with E-state index in [9.17, 15) is 9.18 Å². The normalized spacial score (nSPS) is 17.5. The first-order valence-electron chi connectivity index (χ1n) is 7.61.